The van der Waals surface area contributed by atoms with Crippen molar-refractivity contribution in [3.63, 3.8) is 0 Å². The second kappa shape index (κ2) is 12.8. The van der Waals surface area contributed by atoms with Crippen molar-refractivity contribution in [3.8, 4) is 0 Å². The fourth-order valence-electron chi connectivity index (χ4n) is 9.16. The van der Waals surface area contributed by atoms with Gasteiger partial charge in [0.25, 0.3) is 0 Å². The molecule has 1 aromatic rings. The molecule has 0 radical (unpaired) electrons. The van der Waals surface area contributed by atoms with E-state index in [0.29, 0.717) is 19.3 Å². The summed E-state index contributed by atoms with van der Waals surface area (Å²) < 4.78 is 10.0. The number of carbonyl (C=O) groups is 5. The van der Waals surface area contributed by atoms with Crippen LogP contribution in [-0.4, -0.2) is 71.1 Å². The smallest absolute Gasteiger partial charge is 0.328 e. The maximum Gasteiger partial charge on any atom is 0.328 e. The Hall–Kier alpha value is -3.37. The van der Waals surface area contributed by atoms with Gasteiger partial charge in [0, 0.05) is 24.7 Å². The molecule has 3 N–H and O–H groups in total. The average molecular weight is 624 g/mol. The molecular weight excluding hydrogens is 578 g/mol. The number of allylic oxidation sites excluding steroid dienone is 1. The zero-order chi connectivity index (χ0) is 32.6. The molecule has 0 aliphatic heterocycles. The van der Waals surface area contributed by atoms with Crippen molar-refractivity contribution in [3.05, 3.63) is 47.5 Å². The summed E-state index contributed by atoms with van der Waals surface area (Å²) in [5.41, 5.74) is -0.975. The molecule has 1 amide bonds. The number of aliphatic hydroxyl groups is 2. The molecule has 5 rings (SSSR count). The number of hydrogen-bond donors (Lipinski definition) is 3. The van der Waals surface area contributed by atoms with Gasteiger partial charge in [-0.15, -0.1) is 0 Å². The Morgan fingerprint density at radius 1 is 1.04 bits per heavy atom. The number of Topliss-reactive ketones (excluding diaryl/α,β-unsaturated/α-hetero) is 1. The number of amides is 1. The van der Waals surface area contributed by atoms with Gasteiger partial charge in [-0.2, -0.15) is 0 Å². The third kappa shape index (κ3) is 6.11. The summed E-state index contributed by atoms with van der Waals surface area (Å²) in [5.74, 6) is -2.31. The summed E-state index contributed by atoms with van der Waals surface area (Å²) in [6.45, 7) is 3.40. The summed E-state index contributed by atoms with van der Waals surface area (Å²) >= 11 is 0. The second-order valence-corrected chi connectivity index (χ2v) is 13.9. The van der Waals surface area contributed by atoms with E-state index in [9.17, 15) is 34.2 Å². The highest BCUT2D eigenvalue weighted by atomic mass is 16.5. The quantitative estimate of drug-likeness (QED) is 0.334. The first kappa shape index (κ1) is 33.0. The zero-order valence-corrected chi connectivity index (χ0v) is 26.4. The van der Waals surface area contributed by atoms with Gasteiger partial charge in [0.05, 0.1) is 19.6 Å². The molecule has 10 heteroatoms. The number of esters is 2. The first-order valence-corrected chi connectivity index (χ1v) is 16.1. The highest BCUT2D eigenvalue weighted by Gasteiger charge is 2.68. The molecule has 8 atom stereocenters. The van der Waals surface area contributed by atoms with Crippen LogP contribution in [-0.2, 0) is 39.9 Å². The Morgan fingerprint density at radius 2 is 1.78 bits per heavy atom. The van der Waals surface area contributed by atoms with Gasteiger partial charge in [0.15, 0.2) is 12.4 Å². The molecule has 3 saturated carbocycles. The lowest BCUT2D eigenvalue weighted by Gasteiger charge is -2.60. The van der Waals surface area contributed by atoms with Crippen LogP contribution in [0.3, 0.4) is 0 Å². The van der Waals surface area contributed by atoms with E-state index in [1.54, 1.807) is 6.08 Å². The van der Waals surface area contributed by atoms with Crippen molar-refractivity contribution in [1.82, 2.24) is 5.32 Å². The fourth-order valence-corrected chi connectivity index (χ4v) is 9.16. The van der Waals surface area contributed by atoms with Gasteiger partial charge in [-0.1, -0.05) is 49.8 Å². The molecule has 8 unspecified atom stereocenters. The van der Waals surface area contributed by atoms with E-state index in [4.69, 9.17) is 9.47 Å². The van der Waals surface area contributed by atoms with Crippen LogP contribution in [0.5, 0.6) is 0 Å². The Kier molecular flexibility index (Phi) is 9.38. The minimum Gasteiger partial charge on any atom is -0.467 e. The summed E-state index contributed by atoms with van der Waals surface area (Å²) in [5, 5.41) is 26.0. The number of ether oxygens (including phenoxy) is 2. The monoisotopic (exact) mass is 623 g/mol. The number of fused-ring (bicyclic) bond motifs is 5. The molecule has 0 aromatic heterocycles. The highest BCUT2D eigenvalue weighted by Crippen LogP contribution is 2.67. The number of aliphatic hydroxyl groups excluding tert-OH is 1. The highest BCUT2D eigenvalue weighted by molar-refractivity contribution is 5.92. The second-order valence-electron chi connectivity index (χ2n) is 13.9. The van der Waals surface area contributed by atoms with Crippen LogP contribution < -0.4 is 5.32 Å². The lowest BCUT2D eigenvalue weighted by molar-refractivity contribution is -0.184. The summed E-state index contributed by atoms with van der Waals surface area (Å²) in [6.07, 6.45) is 4.51. The molecule has 244 valence electrons. The lowest BCUT2D eigenvalue weighted by atomic mass is 9.45. The van der Waals surface area contributed by atoms with Crippen LogP contribution in [0, 0.1) is 28.6 Å². The minimum atomic E-state index is -1.76. The Balaban J connectivity index is 1.16. The van der Waals surface area contributed by atoms with E-state index in [2.05, 4.69) is 12.2 Å². The molecule has 1 aromatic carbocycles. The van der Waals surface area contributed by atoms with E-state index >= 15 is 0 Å². The number of nitrogens with one attached hydrogen (secondary N) is 1. The van der Waals surface area contributed by atoms with Crippen molar-refractivity contribution in [2.45, 2.75) is 95.8 Å². The van der Waals surface area contributed by atoms with Crippen molar-refractivity contribution >= 4 is 29.4 Å². The maximum absolute atomic E-state index is 13.5. The average Bonchev–Trinajstić information content (AvgIpc) is 3.29. The number of carbonyl (C=O) groups excluding carboxylic acids is 5. The lowest BCUT2D eigenvalue weighted by Crippen LogP contribution is -2.62. The molecule has 0 spiro atoms. The minimum absolute atomic E-state index is 0.00823. The molecule has 4 aliphatic carbocycles. The summed E-state index contributed by atoms with van der Waals surface area (Å²) in [7, 11) is 1.23. The standard InChI is InChI=1S/C35H45NO9/c1-33-15-13-23(37)18-22(33)9-10-24-25-14-16-35(43,34(25,2)19-27(38)31(24)33)28(39)20-45-30(41)12-11-29(40)36-26(32(42)44-3)17-21-7-5-4-6-8-21/h4-8,18,24-27,31,38,43H,9-17,19-20H2,1-3H3,(H,36,40). The molecule has 10 nitrogen and oxygen atoms in total. The van der Waals surface area contributed by atoms with Crippen molar-refractivity contribution in [2.24, 2.45) is 28.6 Å². The maximum atomic E-state index is 13.5. The van der Waals surface area contributed by atoms with E-state index in [0.717, 1.165) is 24.0 Å². The van der Waals surface area contributed by atoms with Crippen LogP contribution in [0.15, 0.2) is 42.0 Å². The van der Waals surface area contributed by atoms with Gasteiger partial charge in [-0.25, -0.2) is 4.79 Å². The van der Waals surface area contributed by atoms with Crippen LogP contribution in [0.4, 0.5) is 0 Å². The topological polar surface area (TPSA) is 156 Å². The SMILES string of the molecule is COC(=O)C(Cc1ccccc1)NC(=O)CCC(=O)OCC(=O)C1(O)CCC2C3CCC4=CC(=O)CCC4(C)C3C(O)CC21C. The van der Waals surface area contributed by atoms with Gasteiger partial charge in [-0.3, -0.25) is 19.2 Å². The van der Waals surface area contributed by atoms with Crippen molar-refractivity contribution in [1.29, 1.82) is 0 Å². The van der Waals surface area contributed by atoms with E-state index in [1.807, 2.05) is 37.3 Å². The van der Waals surface area contributed by atoms with Crippen LogP contribution in [0.1, 0.15) is 77.2 Å². The third-order valence-corrected chi connectivity index (χ3v) is 11.5. The third-order valence-electron chi connectivity index (χ3n) is 11.5. The predicted molar refractivity (Wildman–Crippen MR) is 162 cm³/mol. The summed E-state index contributed by atoms with van der Waals surface area (Å²) in [6, 6.07) is 8.21. The van der Waals surface area contributed by atoms with Crippen molar-refractivity contribution < 1.29 is 43.7 Å². The number of hydrogen-bond acceptors (Lipinski definition) is 9. The number of ketones is 2. The molecule has 45 heavy (non-hydrogen) atoms. The van der Waals surface area contributed by atoms with E-state index < -0.39 is 53.4 Å². The van der Waals surface area contributed by atoms with E-state index in [1.165, 1.54) is 7.11 Å². The normalized spacial score (nSPS) is 34.3. The zero-order valence-electron chi connectivity index (χ0n) is 26.4. The Labute approximate surface area is 263 Å². The predicted octanol–water partition coefficient (Wildman–Crippen LogP) is 3.01. The first-order chi connectivity index (χ1) is 21.3. The molecule has 3 fully saturated rings. The molecule has 4 aliphatic rings. The number of benzene rings is 1. The van der Waals surface area contributed by atoms with E-state index in [-0.39, 0.29) is 61.1 Å². The molecule has 0 bridgehead atoms. The Bertz CT molecular complexity index is 1370. The van der Waals surface area contributed by atoms with Gasteiger partial charge in [0.1, 0.15) is 11.6 Å². The summed E-state index contributed by atoms with van der Waals surface area (Å²) in [4.78, 5) is 63.0. The van der Waals surface area contributed by atoms with Gasteiger partial charge < -0.3 is 25.0 Å². The van der Waals surface area contributed by atoms with Gasteiger partial charge >= 0.3 is 11.9 Å². The number of methoxy groups -OCH3 is 1. The van der Waals surface area contributed by atoms with Crippen molar-refractivity contribution in [2.75, 3.05) is 13.7 Å². The number of rotatable bonds is 10. The van der Waals surface area contributed by atoms with Crippen LogP contribution in [0.25, 0.3) is 0 Å². The van der Waals surface area contributed by atoms with Gasteiger partial charge in [0.2, 0.25) is 11.7 Å². The molecular formula is C35H45NO9. The van der Waals surface area contributed by atoms with Crippen LogP contribution >= 0.6 is 0 Å². The fraction of sp³-hybridized carbons (Fsp3) is 0.629. The molecule has 0 saturated heterocycles. The van der Waals surface area contributed by atoms with Gasteiger partial charge in [-0.05, 0) is 73.3 Å². The first-order valence-electron chi connectivity index (χ1n) is 16.1. The largest absolute Gasteiger partial charge is 0.467 e. The van der Waals surface area contributed by atoms with Crippen LogP contribution in [0.2, 0.25) is 0 Å². The molecule has 0 heterocycles. The Morgan fingerprint density at radius 3 is 2.49 bits per heavy atom.